The van der Waals surface area contributed by atoms with Crippen molar-refractivity contribution in [2.75, 3.05) is 27.3 Å². The molecule has 3 nitrogen and oxygen atoms in total. The van der Waals surface area contributed by atoms with Gasteiger partial charge in [-0.05, 0) is 90.1 Å². The summed E-state index contributed by atoms with van der Waals surface area (Å²) < 4.78 is 24.5. The van der Waals surface area contributed by atoms with E-state index in [1.165, 1.54) is 17.7 Å². The lowest BCUT2D eigenvalue weighted by molar-refractivity contribution is 0.396. The van der Waals surface area contributed by atoms with Crippen molar-refractivity contribution in [3.63, 3.8) is 0 Å². The second-order valence-electron chi connectivity index (χ2n) is 5.88. The monoisotopic (exact) mass is 409 g/mol. The molecule has 0 saturated heterocycles. The maximum absolute atomic E-state index is 12.8. The maximum atomic E-state index is 12.8. The zero-order valence-corrected chi connectivity index (χ0v) is 16.4. The molecule has 0 aliphatic carbocycles. The molecule has 0 aliphatic rings. The van der Waals surface area contributed by atoms with Gasteiger partial charge in [-0.2, -0.15) is 0 Å². The Bertz CT molecular complexity index is 661. The molecule has 25 heavy (non-hydrogen) atoms. The third-order valence-electron chi connectivity index (χ3n) is 4.11. The highest BCUT2D eigenvalue weighted by atomic mass is 79.9. The van der Waals surface area contributed by atoms with Gasteiger partial charge in [-0.1, -0.05) is 12.1 Å². The Morgan fingerprint density at radius 2 is 1.64 bits per heavy atom. The van der Waals surface area contributed by atoms with Crippen LogP contribution in [0, 0.1) is 5.82 Å². The summed E-state index contributed by atoms with van der Waals surface area (Å²) in [6, 6.07) is 10.7. The molecule has 0 fully saturated rings. The number of hydrogen-bond donors (Lipinski definition) is 1. The minimum absolute atomic E-state index is 0.176. The Morgan fingerprint density at radius 1 is 0.920 bits per heavy atom. The van der Waals surface area contributed by atoms with Crippen molar-refractivity contribution in [1.29, 1.82) is 0 Å². The van der Waals surface area contributed by atoms with Gasteiger partial charge in [0.15, 0.2) is 0 Å². The van der Waals surface area contributed by atoms with Crippen LogP contribution in [0.25, 0.3) is 0 Å². The number of unbranched alkanes of at least 4 members (excludes halogenated alkanes) is 1. The van der Waals surface area contributed by atoms with E-state index in [2.05, 4.69) is 21.2 Å². The first kappa shape index (κ1) is 19.7. The predicted octanol–water partition coefficient (Wildman–Crippen LogP) is 4.76. The molecule has 0 amide bonds. The molecule has 0 spiro atoms. The molecule has 0 unspecified atom stereocenters. The lowest BCUT2D eigenvalue weighted by Gasteiger charge is -2.12. The number of halogens is 2. The molecule has 0 heterocycles. The molecule has 5 heteroatoms. The quantitative estimate of drug-likeness (QED) is 0.573. The molecule has 1 N–H and O–H groups in total. The van der Waals surface area contributed by atoms with Crippen LogP contribution in [-0.2, 0) is 12.8 Å². The molecule has 2 aromatic carbocycles. The minimum atomic E-state index is -0.176. The van der Waals surface area contributed by atoms with Crippen molar-refractivity contribution >= 4 is 15.9 Å². The highest BCUT2D eigenvalue weighted by Gasteiger charge is 2.09. The van der Waals surface area contributed by atoms with Crippen molar-refractivity contribution in [2.45, 2.75) is 25.7 Å². The predicted molar refractivity (Wildman–Crippen MR) is 103 cm³/mol. The molecule has 136 valence electrons. The largest absolute Gasteiger partial charge is 0.496 e. The Morgan fingerprint density at radius 3 is 2.32 bits per heavy atom. The summed E-state index contributed by atoms with van der Waals surface area (Å²) in [5, 5.41) is 3.46. The first-order chi connectivity index (χ1) is 12.1. The number of aryl methyl sites for hydroxylation is 1. The van der Waals surface area contributed by atoms with Crippen molar-refractivity contribution in [2.24, 2.45) is 0 Å². The second kappa shape index (κ2) is 10.4. The number of rotatable bonds is 10. The Hall–Kier alpha value is -1.59. The van der Waals surface area contributed by atoms with E-state index in [4.69, 9.17) is 9.47 Å². The number of methoxy groups -OCH3 is 2. The van der Waals surface area contributed by atoms with Crippen molar-refractivity contribution in [3.05, 3.63) is 57.8 Å². The lowest BCUT2D eigenvalue weighted by Crippen LogP contribution is -2.19. The fourth-order valence-corrected chi connectivity index (χ4v) is 3.18. The van der Waals surface area contributed by atoms with Crippen LogP contribution in [0.15, 0.2) is 40.9 Å². The zero-order valence-electron chi connectivity index (χ0n) is 14.8. The minimum Gasteiger partial charge on any atom is -0.496 e. The van der Waals surface area contributed by atoms with Crippen LogP contribution in [-0.4, -0.2) is 27.3 Å². The van der Waals surface area contributed by atoms with Crippen molar-refractivity contribution in [1.82, 2.24) is 5.32 Å². The van der Waals surface area contributed by atoms with E-state index in [9.17, 15) is 4.39 Å². The van der Waals surface area contributed by atoms with E-state index in [1.807, 2.05) is 24.3 Å². The summed E-state index contributed by atoms with van der Waals surface area (Å²) in [4.78, 5) is 0. The summed E-state index contributed by atoms with van der Waals surface area (Å²) >= 11 is 3.47. The summed E-state index contributed by atoms with van der Waals surface area (Å²) in [5.74, 6) is 1.51. The van der Waals surface area contributed by atoms with E-state index in [0.717, 1.165) is 60.3 Å². The van der Waals surface area contributed by atoms with Gasteiger partial charge in [-0.3, -0.25) is 0 Å². The Balaban J connectivity index is 1.68. The van der Waals surface area contributed by atoms with Gasteiger partial charge in [0.05, 0.1) is 18.7 Å². The topological polar surface area (TPSA) is 30.5 Å². The summed E-state index contributed by atoms with van der Waals surface area (Å²) in [5.41, 5.74) is 2.31. The van der Waals surface area contributed by atoms with Crippen LogP contribution in [0.1, 0.15) is 24.0 Å². The van der Waals surface area contributed by atoms with Crippen LogP contribution in [0.5, 0.6) is 11.5 Å². The van der Waals surface area contributed by atoms with Crippen molar-refractivity contribution < 1.29 is 13.9 Å². The van der Waals surface area contributed by atoms with Crippen LogP contribution in [0.2, 0.25) is 0 Å². The van der Waals surface area contributed by atoms with E-state index in [0.29, 0.717) is 0 Å². The van der Waals surface area contributed by atoms with Gasteiger partial charge in [-0.15, -0.1) is 0 Å². The van der Waals surface area contributed by atoms with Gasteiger partial charge in [0.2, 0.25) is 0 Å². The number of ether oxygens (including phenoxy) is 2. The molecule has 2 aromatic rings. The van der Waals surface area contributed by atoms with Crippen LogP contribution >= 0.6 is 15.9 Å². The fourth-order valence-electron chi connectivity index (χ4n) is 2.70. The van der Waals surface area contributed by atoms with Gasteiger partial charge in [0.1, 0.15) is 17.3 Å². The van der Waals surface area contributed by atoms with Crippen LogP contribution in [0.4, 0.5) is 4.39 Å². The zero-order chi connectivity index (χ0) is 18.1. The van der Waals surface area contributed by atoms with E-state index < -0.39 is 0 Å². The molecule has 0 aliphatic heterocycles. The summed E-state index contributed by atoms with van der Waals surface area (Å²) in [6.45, 7) is 1.86. The maximum Gasteiger partial charge on any atom is 0.133 e. The van der Waals surface area contributed by atoms with E-state index >= 15 is 0 Å². The third kappa shape index (κ3) is 6.33. The second-order valence-corrected chi connectivity index (χ2v) is 6.74. The molecule has 0 atom stereocenters. The van der Waals surface area contributed by atoms with E-state index in [-0.39, 0.29) is 5.82 Å². The van der Waals surface area contributed by atoms with Gasteiger partial charge >= 0.3 is 0 Å². The standard InChI is InChI=1S/C20H25BrFNO2/c1-24-19-14-18(21)20(25-2)13-16(19)10-12-23-11-4-3-5-15-6-8-17(22)9-7-15/h6-9,13-14,23H,3-5,10-12H2,1-2H3. The number of benzene rings is 2. The molecular weight excluding hydrogens is 385 g/mol. The smallest absolute Gasteiger partial charge is 0.133 e. The van der Waals surface area contributed by atoms with E-state index in [1.54, 1.807) is 14.2 Å². The first-order valence-electron chi connectivity index (χ1n) is 8.49. The number of hydrogen-bond acceptors (Lipinski definition) is 3. The summed E-state index contributed by atoms with van der Waals surface area (Å²) in [6.07, 6.45) is 4.05. The third-order valence-corrected chi connectivity index (χ3v) is 4.73. The fraction of sp³-hybridized carbons (Fsp3) is 0.400. The molecule has 2 rings (SSSR count). The average molecular weight is 410 g/mol. The average Bonchev–Trinajstić information content (AvgIpc) is 2.63. The normalized spacial score (nSPS) is 10.7. The lowest BCUT2D eigenvalue weighted by atomic mass is 10.1. The molecule has 0 saturated carbocycles. The van der Waals surface area contributed by atoms with Crippen LogP contribution < -0.4 is 14.8 Å². The van der Waals surface area contributed by atoms with Gasteiger partial charge in [-0.25, -0.2) is 4.39 Å². The SMILES string of the molecule is COc1cc(CCNCCCCc2ccc(F)cc2)c(OC)cc1Br. The first-order valence-corrected chi connectivity index (χ1v) is 9.29. The van der Waals surface area contributed by atoms with Gasteiger partial charge in [0, 0.05) is 0 Å². The molecule has 0 bridgehead atoms. The molecule has 0 radical (unpaired) electrons. The van der Waals surface area contributed by atoms with Crippen molar-refractivity contribution in [3.8, 4) is 11.5 Å². The van der Waals surface area contributed by atoms with Gasteiger partial charge < -0.3 is 14.8 Å². The Kier molecular flexibility index (Phi) is 8.22. The van der Waals surface area contributed by atoms with Gasteiger partial charge in [0.25, 0.3) is 0 Å². The number of nitrogens with one attached hydrogen (secondary N) is 1. The highest BCUT2D eigenvalue weighted by molar-refractivity contribution is 9.10. The molecular formula is C20H25BrFNO2. The Labute approximate surface area is 157 Å². The summed E-state index contributed by atoms with van der Waals surface area (Å²) in [7, 11) is 3.34. The molecule has 0 aromatic heterocycles. The van der Waals surface area contributed by atoms with Crippen LogP contribution in [0.3, 0.4) is 0 Å². The highest BCUT2D eigenvalue weighted by Crippen LogP contribution is 2.32.